The lowest BCUT2D eigenvalue weighted by atomic mass is 10.4. The summed E-state index contributed by atoms with van der Waals surface area (Å²) >= 11 is 4.19. The minimum atomic E-state index is 0.897. The molecule has 90 valence electrons. The third-order valence-corrected chi connectivity index (χ3v) is 4.44. The second-order valence-electron chi connectivity index (χ2n) is 3.47. The van der Waals surface area contributed by atoms with Crippen LogP contribution in [0.15, 0.2) is 0 Å². The van der Waals surface area contributed by atoms with Crippen molar-refractivity contribution in [3.05, 3.63) is 15.1 Å². The van der Waals surface area contributed by atoms with Gasteiger partial charge >= 0.3 is 0 Å². The second kappa shape index (κ2) is 7.32. The van der Waals surface area contributed by atoms with Crippen molar-refractivity contribution >= 4 is 40.2 Å². The predicted octanol–water partition coefficient (Wildman–Crippen LogP) is 3.46. The highest BCUT2D eigenvalue weighted by Crippen LogP contribution is 2.20. The van der Waals surface area contributed by atoms with Gasteiger partial charge in [-0.25, -0.2) is 9.97 Å². The smallest absolute Gasteiger partial charge is 0.143 e. The number of nitrogens with one attached hydrogen (secondary N) is 1. The fourth-order valence-electron chi connectivity index (χ4n) is 1.27. The second-order valence-corrected chi connectivity index (χ2v) is 5.65. The molecule has 0 radical (unpaired) electrons. The maximum absolute atomic E-state index is 4.54. The molecule has 5 heteroatoms. The van der Waals surface area contributed by atoms with E-state index in [9.17, 15) is 0 Å². The van der Waals surface area contributed by atoms with Gasteiger partial charge in [-0.15, -0.1) is 0 Å². The number of hydrogen-bond donors (Lipinski definition) is 1. The molecule has 0 aliphatic rings. The summed E-state index contributed by atoms with van der Waals surface area (Å²) in [5, 5.41) is 3.28. The van der Waals surface area contributed by atoms with Gasteiger partial charge in [0.15, 0.2) is 0 Å². The lowest BCUT2D eigenvalue weighted by molar-refractivity contribution is 0.972. The zero-order valence-corrected chi connectivity index (χ0v) is 13.0. The summed E-state index contributed by atoms with van der Waals surface area (Å²) in [6.07, 6.45) is 1.20. The number of nitrogens with zero attached hydrogens (tertiary/aromatic N) is 2. The van der Waals surface area contributed by atoms with E-state index in [1.165, 1.54) is 12.2 Å². The molecule has 0 atom stereocenters. The number of aryl methyl sites for hydroxylation is 1. The van der Waals surface area contributed by atoms with E-state index in [0.29, 0.717) is 0 Å². The zero-order chi connectivity index (χ0) is 12.0. The summed E-state index contributed by atoms with van der Waals surface area (Å²) in [6.45, 7) is 7.21. The van der Waals surface area contributed by atoms with Crippen molar-refractivity contribution in [3.63, 3.8) is 0 Å². The molecule has 1 aromatic rings. The number of aromatic nitrogens is 2. The monoisotopic (exact) mass is 351 g/mol. The van der Waals surface area contributed by atoms with E-state index in [1.54, 1.807) is 0 Å². The largest absolute Gasteiger partial charge is 0.369 e. The molecule has 0 saturated carbocycles. The van der Waals surface area contributed by atoms with Crippen LogP contribution in [0.5, 0.6) is 0 Å². The van der Waals surface area contributed by atoms with Crippen molar-refractivity contribution in [2.24, 2.45) is 0 Å². The molecule has 0 spiro atoms. The standard InChI is InChI=1S/C11H18IN3S/c1-4-6-16-7-9-14-8(3)10(12)11(15-9)13-5-2/h4-7H2,1-3H3,(H,13,14,15). The average Bonchev–Trinajstić information content (AvgIpc) is 2.26. The van der Waals surface area contributed by atoms with Crippen LogP contribution in [0.25, 0.3) is 0 Å². The van der Waals surface area contributed by atoms with Crippen molar-refractivity contribution in [2.45, 2.75) is 32.9 Å². The molecular weight excluding hydrogens is 333 g/mol. The van der Waals surface area contributed by atoms with Gasteiger partial charge in [0.05, 0.1) is 15.0 Å². The summed E-state index contributed by atoms with van der Waals surface area (Å²) in [4.78, 5) is 9.05. The van der Waals surface area contributed by atoms with E-state index < -0.39 is 0 Å². The van der Waals surface area contributed by atoms with Crippen LogP contribution >= 0.6 is 34.4 Å². The lowest BCUT2D eigenvalue weighted by Gasteiger charge is -2.09. The van der Waals surface area contributed by atoms with Crippen molar-refractivity contribution in [1.29, 1.82) is 0 Å². The van der Waals surface area contributed by atoms with E-state index in [4.69, 9.17) is 0 Å². The molecule has 0 saturated heterocycles. The first-order valence-corrected chi connectivity index (χ1v) is 7.77. The minimum absolute atomic E-state index is 0.897. The van der Waals surface area contributed by atoms with Gasteiger partial charge in [-0.05, 0) is 48.6 Å². The van der Waals surface area contributed by atoms with Crippen LogP contribution in [0.1, 0.15) is 31.8 Å². The summed E-state index contributed by atoms with van der Waals surface area (Å²) in [5.41, 5.74) is 1.07. The molecule has 1 rings (SSSR count). The Balaban J connectivity index is 2.77. The first-order valence-electron chi connectivity index (χ1n) is 5.53. The van der Waals surface area contributed by atoms with Gasteiger partial charge in [-0.2, -0.15) is 11.8 Å². The Kier molecular flexibility index (Phi) is 6.41. The molecule has 0 fully saturated rings. The highest BCUT2D eigenvalue weighted by Gasteiger charge is 2.08. The lowest BCUT2D eigenvalue weighted by Crippen LogP contribution is -2.07. The van der Waals surface area contributed by atoms with Crippen LogP contribution in [0.4, 0.5) is 5.82 Å². The highest BCUT2D eigenvalue weighted by atomic mass is 127. The number of halogens is 1. The fourth-order valence-corrected chi connectivity index (χ4v) is 2.45. The molecule has 0 aliphatic heterocycles. The summed E-state index contributed by atoms with van der Waals surface area (Å²) in [6, 6.07) is 0. The molecule has 16 heavy (non-hydrogen) atoms. The predicted molar refractivity (Wildman–Crippen MR) is 80.1 cm³/mol. The highest BCUT2D eigenvalue weighted by molar-refractivity contribution is 14.1. The Bertz CT molecular complexity index is 344. The van der Waals surface area contributed by atoms with Crippen molar-refractivity contribution < 1.29 is 0 Å². The van der Waals surface area contributed by atoms with Crippen molar-refractivity contribution in [2.75, 3.05) is 17.6 Å². The Hall–Kier alpha value is -0.0400. The van der Waals surface area contributed by atoms with Crippen LogP contribution in [0.3, 0.4) is 0 Å². The maximum atomic E-state index is 4.54. The molecular formula is C11H18IN3S. The van der Waals surface area contributed by atoms with Crippen molar-refractivity contribution in [1.82, 2.24) is 9.97 Å². The maximum Gasteiger partial charge on any atom is 0.143 e. The van der Waals surface area contributed by atoms with E-state index in [2.05, 4.69) is 51.7 Å². The van der Waals surface area contributed by atoms with Crippen LogP contribution in [-0.4, -0.2) is 22.3 Å². The zero-order valence-electron chi connectivity index (χ0n) is 10.0. The van der Waals surface area contributed by atoms with E-state index >= 15 is 0 Å². The molecule has 3 nitrogen and oxygen atoms in total. The molecule has 1 N–H and O–H groups in total. The molecule has 1 heterocycles. The quantitative estimate of drug-likeness (QED) is 0.629. The summed E-state index contributed by atoms with van der Waals surface area (Å²) < 4.78 is 1.13. The Labute approximate surface area is 115 Å². The van der Waals surface area contributed by atoms with Crippen LogP contribution in [-0.2, 0) is 5.75 Å². The minimum Gasteiger partial charge on any atom is -0.369 e. The van der Waals surface area contributed by atoms with E-state index in [1.807, 2.05) is 18.7 Å². The fraction of sp³-hybridized carbons (Fsp3) is 0.636. The molecule has 0 bridgehead atoms. The SMILES string of the molecule is CCCSCc1nc(C)c(I)c(NCC)n1. The van der Waals surface area contributed by atoms with Gasteiger partial charge in [0, 0.05) is 6.54 Å². The van der Waals surface area contributed by atoms with Gasteiger partial charge in [0.25, 0.3) is 0 Å². The molecule has 1 aromatic heterocycles. The van der Waals surface area contributed by atoms with Gasteiger partial charge < -0.3 is 5.32 Å². The Morgan fingerprint density at radius 3 is 2.69 bits per heavy atom. The number of hydrogen-bond acceptors (Lipinski definition) is 4. The molecule has 0 amide bonds. The van der Waals surface area contributed by atoms with Crippen LogP contribution in [0, 0.1) is 10.5 Å². The first-order chi connectivity index (χ1) is 7.69. The number of anilines is 1. The number of thioether (sulfide) groups is 1. The van der Waals surface area contributed by atoms with E-state index in [0.717, 1.165) is 33.2 Å². The van der Waals surface area contributed by atoms with Crippen LogP contribution < -0.4 is 5.32 Å². The third-order valence-electron chi connectivity index (χ3n) is 1.99. The van der Waals surface area contributed by atoms with Crippen molar-refractivity contribution in [3.8, 4) is 0 Å². The van der Waals surface area contributed by atoms with Crippen LogP contribution in [0.2, 0.25) is 0 Å². The van der Waals surface area contributed by atoms with Gasteiger partial charge in [0.1, 0.15) is 11.6 Å². The summed E-state index contributed by atoms with van der Waals surface area (Å²) in [5.74, 6) is 3.99. The van der Waals surface area contributed by atoms with Gasteiger partial charge in [-0.3, -0.25) is 0 Å². The summed E-state index contributed by atoms with van der Waals surface area (Å²) in [7, 11) is 0. The molecule has 0 aromatic carbocycles. The number of rotatable bonds is 6. The Morgan fingerprint density at radius 1 is 1.31 bits per heavy atom. The van der Waals surface area contributed by atoms with E-state index in [-0.39, 0.29) is 0 Å². The third kappa shape index (κ3) is 4.08. The molecule has 0 aliphatic carbocycles. The first kappa shape index (κ1) is 14.0. The molecule has 0 unspecified atom stereocenters. The topological polar surface area (TPSA) is 37.8 Å². The van der Waals surface area contributed by atoms with Gasteiger partial charge in [-0.1, -0.05) is 6.92 Å². The normalized spacial score (nSPS) is 10.5. The Morgan fingerprint density at radius 2 is 2.06 bits per heavy atom. The van der Waals surface area contributed by atoms with Gasteiger partial charge in [0.2, 0.25) is 0 Å². The average molecular weight is 351 g/mol.